The molecule has 13 heavy (non-hydrogen) atoms. The van der Waals surface area contributed by atoms with E-state index >= 15 is 0 Å². The van der Waals surface area contributed by atoms with E-state index in [-0.39, 0.29) is 12.1 Å². The minimum Gasteiger partial charge on any atom is -0.394 e. The first kappa shape index (κ1) is 11.0. The van der Waals surface area contributed by atoms with E-state index in [4.69, 9.17) is 0 Å². The van der Waals surface area contributed by atoms with Gasteiger partial charge in [-0.3, -0.25) is 0 Å². The van der Waals surface area contributed by atoms with E-state index in [0.717, 1.165) is 12.8 Å². The molecule has 0 radical (unpaired) electrons. The van der Waals surface area contributed by atoms with Crippen LogP contribution in [0.3, 0.4) is 0 Å². The maximum atomic E-state index is 9.37. The van der Waals surface area contributed by atoms with Gasteiger partial charge >= 0.3 is 0 Å². The van der Waals surface area contributed by atoms with E-state index in [9.17, 15) is 5.11 Å². The standard InChI is InChI=1S/C11H23NO/c1-3-11(4-2,9-13)12-10-7-5-6-8-10/h10,12-13H,3-9H2,1-2H3. The van der Waals surface area contributed by atoms with Crippen molar-refractivity contribution in [3.63, 3.8) is 0 Å². The van der Waals surface area contributed by atoms with Crippen molar-refractivity contribution in [2.24, 2.45) is 0 Å². The van der Waals surface area contributed by atoms with Gasteiger partial charge in [0.05, 0.1) is 6.61 Å². The third-order valence-electron chi connectivity index (χ3n) is 3.52. The van der Waals surface area contributed by atoms with E-state index in [1.807, 2.05) is 0 Å². The number of hydrogen-bond donors (Lipinski definition) is 2. The summed E-state index contributed by atoms with van der Waals surface area (Å²) >= 11 is 0. The minimum absolute atomic E-state index is 0.00495. The molecule has 2 nitrogen and oxygen atoms in total. The molecule has 1 fully saturated rings. The van der Waals surface area contributed by atoms with Crippen molar-refractivity contribution in [2.45, 2.75) is 64.0 Å². The molecular formula is C11H23NO. The summed E-state index contributed by atoms with van der Waals surface area (Å²) < 4.78 is 0. The van der Waals surface area contributed by atoms with Crippen molar-refractivity contribution in [2.75, 3.05) is 6.61 Å². The normalized spacial score (nSPS) is 19.6. The van der Waals surface area contributed by atoms with Crippen molar-refractivity contribution < 1.29 is 5.11 Å². The van der Waals surface area contributed by atoms with Gasteiger partial charge in [-0.15, -0.1) is 0 Å². The lowest BCUT2D eigenvalue weighted by Gasteiger charge is -2.34. The molecule has 0 aliphatic heterocycles. The molecule has 1 aliphatic carbocycles. The first-order valence-corrected chi connectivity index (χ1v) is 5.65. The van der Waals surface area contributed by atoms with Crippen LogP contribution in [0.15, 0.2) is 0 Å². The van der Waals surface area contributed by atoms with Gasteiger partial charge < -0.3 is 10.4 Å². The van der Waals surface area contributed by atoms with Crippen LogP contribution in [0, 0.1) is 0 Å². The molecule has 1 saturated carbocycles. The molecule has 0 saturated heterocycles. The number of aliphatic hydroxyl groups excluding tert-OH is 1. The van der Waals surface area contributed by atoms with Gasteiger partial charge in [-0.05, 0) is 25.7 Å². The fraction of sp³-hybridized carbons (Fsp3) is 1.00. The van der Waals surface area contributed by atoms with E-state index < -0.39 is 0 Å². The molecule has 0 aromatic carbocycles. The lowest BCUT2D eigenvalue weighted by molar-refractivity contribution is 0.138. The minimum atomic E-state index is -0.00495. The molecule has 1 rings (SSSR count). The summed E-state index contributed by atoms with van der Waals surface area (Å²) in [6.45, 7) is 4.58. The van der Waals surface area contributed by atoms with Crippen LogP contribution in [0.2, 0.25) is 0 Å². The van der Waals surface area contributed by atoms with Crippen LogP contribution < -0.4 is 5.32 Å². The smallest absolute Gasteiger partial charge is 0.0613 e. The lowest BCUT2D eigenvalue weighted by atomic mass is 9.92. The summed E-state index contributed by atoms with van der Waals surface area (Å²) in [6.07, 6.45) is 7.34. The second-order valence-electron chi connectivity index (χ2n) is 4.27. The number of hydrogen-bond acceptors (Lipinski definition) is 2. The molecule has 2 N–H and O–H groups in total. The Morgan fingerprint density at radius 1 is 1.23 bits per heavy atom. The molecule has 78 valence electrons. The molecule has 0 unspecified atom stereocenters. The van der Waals surface area contributed by atoms with Crippen molar-refractivity contribution >= 4 is 0 Å². The number of rotatable bonds is 5. The Kier molecular flexibility index (Phi) is 4.20. The van der Waals surface area contributed by atoms with Crippen LogP contribution in [0.25, 0.3) is 0 Å². The van der Waals surface area contributed by atoms with Crippen LogP contribution in [0.1, 0.15) is 52.4 Å². The summed E-state index contributed by atoms with van der Waals surface area (Å²) in [4.78, 5) is 0. The third kappa shape index (κ3) is 2.68. The van der Waals surface area contributed by atoms with Crippen molar-refractivity contribution in [3.05, 3.63) is 0 Å². The third-order valence-corrected chi connectivity index (χ3v) is 3.52. The zero-order valence-corrected chi connectivity index (χ0v) is 8.97. The monoisotopic (exact) mass is 185 g/mol. The Bertz CT molecular complexity index is 129. The second-order valence-corrected chi connectivity index (χ2v) is 4.27. The molecule has 0 atom stereocenters. The highest BCUT2D eigenvalue weighted by Gasteiger charge is 2.29. The lowest BCUT2D eigenvalue weighted by Crippen LogP contribution is -2.51. The van der Waals surface area contributed by atoms with Gasteiger partial charge in [-0.25, -0.2) is 0 Å². The molecule has 0 amide bonds. The van der Waals surface area contributed by atoms with Gasteiger partial charge in [0.25, 0.3) is 0 Å². The molecule has 0 aromatic rings. The van der Waals surface area contributed by atoms with Crippen LogP contribution in [0.5, 0.6) is 0 Å². The molecular weight excluding hydrogens is 162 g/mol. The van der Waals surface area contributed by atoms with E-state index in [1.165, 1.54) is 25.7 Å². The SMILES string of the molecule is CCC(CC)(CO)NC1CCCC1. The first-order chi connectivity index (χ1) is 6.26. The average molecular weight is 185 g/mol. The molecule has 0 heterocycles. The first-order valence-electron chi connectivity index (χ1n) is 5.65. The molecule has 0 spiro atoms. The van der Waals surface area contributed by atoms with Gasteiger partial charge in [0.2, 0.25) is 0 Å². The summed E-state index contributed by atoms with van der Waals surface area (Å²) in [7, 11) is 0. The van der Waals surface area contributed by atoms with Gasteiger partial charge in [-0.2, -0.15) is 0 Å². The Morgan fingerprint density at radius 2 is 1.77 bits per heavy atom. The second kappa shape index (κ2) is 4.97. The topological polar surface area (TPSA) is 32.3 Å². The van der Waals surface area contributed by atoms with Crippen LogP contribution in [0.4, 0.5) is 0 Å². The molecule has 1 aliphatic rings. The van der Waals surface area contributed by atoms with Crippen molar-refractivity contribution in [3.8, 4) is 0 Å². The van der Waals surface area contributed by atoms with Gasteiger partial charge in [-0.1, -0.05) is 26.7 Å². The highest BCUT2D eigenvalue weighted by atomic mass is 16.3. The van der Waals surface area contributed by atoms with Crippen LogP contribution >= 0.6 is 0 Å². The highest BCUT2D eigenvalue weighted by Crippen LogP contribution is 2.23. The molecule has 2 heteroatoms. The predicted molar refractivity (Wildman–Crippen MR) is 55.8 cm³/mol. The van der Waals surface area contributed by atoms with E-state index in [1.54, 1.807) is 0 Å². The van der Waals surface area contributed by atoms with Crippen LogP contribution in [-0.2, 0) is 0 Å². The highest BCUT2D eigenvalue weighted by molar-refractivity contribution is 4.89. The summed E-state index contributed by atoms with van der Waals surface area (Å²) in [5.74, 6) is 0. The van der Waals surface area contributed by atoms with E-state index in [0.29, 0.717) is 6.04 Å². The fourth-order valence-corrected chi connectivity index (χ4v) is 2.23. The predicted octanol–water partition coefficient (Wildman–Crippen LogP) is 2.07. The van der Waals surface area contributed by atoms with Gasteiger partial charge in [0, 0.05) is 11.6 Å². The van der Waals surface area contributed by atoms with Gasteiger partial charge in [0.15, 0.2) is 0 Å². The maximum Gasteiger partial charge on any atom is 0.0613 e. The quantitative estimate of drug-likeness (QED) is 0.687. The Balaban J connectivity index is 2.44. The number of nitrogens with one attached hydrogen (secondary N) is 1. The fourth-order valence-electron chi connectivity index (χ4n) is 2.23. The number of aliphatic hydroxyl groups is 1. The van der Waals surface area contributed by atoms with E-state index in [2.05, 4.69) is 19.2 Å². The molecule has 0 aromatic heterocycles. The maximum absolute atomic E-state index is 9.37. The van der Waals surface area contributed by atoms with Gasteiger partial charge in [0.1, 0.15) is 0 Å². The van der Waals surface area contributed by atoms with Crippen molar-refractivity contribution in [1.82, 2.24) is 5.32 Å². The Labute approximate surface area is 81.7 Å². The van der Waals surface area contributed by atoms with Crippen LogP contribution in [-0.4, -0.2) is 23.3 Å². The zero-order chi connectivity index (χ0) is 9.73. The Morgan fingerprint density at radius 3 is 2.15 bits per heavy atom. The summed E-state index contributed by atoms with van der Waals surface area (Å²) in [5.41, 5.74) is -0.00495. The largest absolute Gasteiger partial charge is 0.394 e. The Hall–Kier alpha value is -0.0800. The zero-order valence-electron chi connectivity index (χ0n) is 8.97. The van der Waals surface area contributed by atoms with Crippen molar-refractivity contribution in [1.29, 1.82) is 0 Å². The summed E-state index contributed by atoms with van der Waals surface area (Å²) in [6, 6.07) is 0.659. The molecule has 0 bridgehead atoms. The summed E-state index contributed by atoms with van der Waals surface area (Å²) in [5, 5.41) is 13.0. The average Bonchev–Trinajstić information content (AvgIpc) is 2.67.